The smallest absolute Gasteiger partial charge is 0.152 e. The number of halogens is 1. The molecule has 0 unspecified atom stereocenters. The third-order valence-corrected chi connectivity index (χ3v) is 1.97. The Balaban J connectivity index is 4.01. The van der Waals surface area contributed by atoms with Crippen molar-refractivity contribution in [1.82, 2.24) is 4.90 Å². The molecular weight excluding hydrogens is 206 g/mol. The quantitative estimate of drug-likeness (QED) is 0.409. The Morgan fingerprint density at radius 2 is 2.00 bits per heavy atom. The molecule has 3 heteroatoms. The van der Waals surface area contributed by atoms with E-state index in [4.69, 9.17) is 0 Å². The molecule has 0 N–H and O–H groups in total. The van der Waals surface area contributed by atoms with E-state index in [1.54, 1.807) is 6.08 Å². The second kappa shape index (κ2) is 5.13. The molecule has 0 aliphatic heterocycles. The summed E-state index contributed by atoms with van der Waals surface area (Å²) < 4.78 is 0.940. The summed E-state index contributed by atoms with van der Waals surface area (Å²) in [5, 5.41) is 0. The first-order valence-electron chi connectivity index (χ1n) is 3.26. The van der Waals surface area contributed by atoms with Crippen LogP contribution in [0.5, 0.6) is 0 Å². The summed E-state index contributed by atoms with van der Waals surface area (Å²) in [4.78, 5) is 12.4. The highest BCUT2D eigenvalue weighted by Crippen LogP contribution is 2.06. The molecule has 0 spiro atoms. The van der Waals surface area contributed by atoms with Crippen molar-refractivity contribution in [2.45, 2.75) is 6.92 Å². The van der Waals surface area contributed by atoms with E-state index in [9.17, 15) is 4.79 Å². The average molecular weight is 218 g/mol. The predicted octanol–water partition coefficient (Wildman–Crippen LogP) is 1.93. The topological polar surface area (TPSA) is 20.3 Å². The van der Waals surface area contributed by atoms with Gasteiger partial charge in [0.05, 0.1) is 4.61 Å². The van der Waals surface area contributed by atoms with E-state index in [-0.39, 0.29) is 5.78 Å². The van der Waals surface area contributed by atoms with Gasteiger partial charge in [0.25, 0.3) is 0 Å². The fraction of sp³-hybridized carbons (Fsp3) is 0.375. The van der Waals surface area contributed by atoms with Crippen LogP contribution >= 0.6 is 15.9 Å². The summed E-state index contributed by atoms with van der Waals surface area (Å²) in [6, 6.07) is 0. The van der Waals surface area contributed by atoms with Gasteiger partial charge in [-0.2, -0.15) is 0 Å². The molecule has 0 saturated carbocycles. The maximum absolute atomic E-state index is 10.5. The van der Waals surface area contributed by atoms with Crippen LogP contribution in [0, 0.1) is 0 Å². The van der Waals surface area contributed by atoms with Crippen molar-refractivity contribution in [3.8, 4) is 0 Å². The standard InChI is InChI=1S/C8H12BrNO/c1-7(11)5-4-6-8(9)10(2)3/h4-6H,1-3H3/b5-4+,8-6+. The molecule has 0 bridgehead atoms. The number of hydrogen-bond acceptors (Lipinski definition) is 2. The minimum Gasteiger partial charge on any atom is -0.372 e. The van der Waals surface area contributed by atoms with Crippen LogP contribution in [0.2, 0.25) is 0 Å². The first-order chi connectivity index (χ1) is 5.04. The lowest BCUT2D eigenvalue weighted by molar-refractivity contribution is -0.112. The molecule has 62 valence electrons. The molecule has 0 radical (unpaired) electrons. The highest BCUT2D eigenvalue weighted by molar-refractivity contribution is 9.11. The Morgan fingerprint density at radius 1 is 1.45 bits per heavy atom. The fourth-order valence-corrected chi connectivity index (χ4v) is 0.565. The summed E-state index contributed by atoms with van der Waals surface area (Å²) in [5.74, 6) is 0.0558. The number of carbonyl (C=O) groups excluding carboxylic acids is 1. The van der Waals surface area contributed by atoms with E-state index >= 15 is 0 Å². The number of rotatable bonds is 3. The molecule has 0 amide bonds. The van der Waals surface area contributed by atoms with Gasteiger partial charge in [-0.15, -0.1) is 0 Å². The van der Waals surface area contributed by atoms with Gasteiger partial charge in [-0.05, 0) is 35.0 Å². The van der Waals surface area contributed by atoms with Crippen LogP contribution in [0.25, 0.3) is 0 Å². The zero-order valence-corrected chi connectivity index (χ0v) is 8.55. The first-order valence-corrected chi connectivity index (χ1v) is 4.05. The van der Waals surface area contributed by atoms with Gasteiger partial charge in [-0.3, -0.25) is 4.79 Å². The van der Waals surface area contributed by atoms with Crippen molar-refractivity contribution in [2.24, 2.45) is 0 Å². The minimum atomic E-state index is 0.0558. The van der Waals surface area contributed by atoms with Gasteiger partial charge < -0.3 is 4.90 Å². The normalized spacial score (nSPS) is 12.2. The molecule has 0 aromatic heterocycles. The number of carbonyl (C=O) groups is 1. The van der Waals surface area contributed by atoms with E-state index < -0.39 is 0 Å². The Bertz CT molecular complexity index is 194. The monoisotopic (exact) mass is 217 g/mol. The predicted molar refractivity (Wildman–Crippen MR) is 50.5 cm³/mol. The second-order valence-electron chi connectivity index (χ2n) is 2.35. The van der Waals surface area contributed by atoms with Crippen LogP contribution in [-0.2, 0) is 4.79 Å². The van der Waals surface area contributed by atoms with Crippen LogP contribution < -0.4 is 0 Å². The van der Waals surface area contributed by atoms with Gasteiger partial charge in [0, 0.05) is 14.1 Å². The van der Waals surface area contributed by atoms with E-state index in [0.717, 1.165) is 4.61 Å². The lowest BCUT2D eigenvalue weighted by Gasteiger charge is -2.08. The van der Waals surface area contributed by atoms with Crippen molar-refractivity contribution in [1.29, 1.82) is 0 Å². The summed E-state index contributed by atoms with van der Waals surface area (Å²) >= 11 is 3.32. The van der Waals surface area contributed by atoms with Gasteiger partial charge >= 0.3 is 0 Å². The van der Waals surface area contributed by atoms with Crippen molar-refractivity contribution in [2.75, 3.05) is 14.1 Å². The number of hydrogen-bond donors (Lipinski definition) is 0. The average Bonchev–Trinajstić information content (AvgIpc) is 1.86. The summed E-state index contributed by atoms with van der Waals surface area (Å²) in [6.45, 7) is 1.52. The SMILES string of the molecule is CC(=O)/C=C/C=C(\Br)N(C)C. The fourth-order valence-electron chi connectivity index (χ4n) is 0.412. The molecule has 0 atom stereocenters. The van der Waals surface area contributed by atoms with Gasteiger partial charge in [0.1, 0.15) is 0 Å². The molecule has 2 nitrogen and oxygen atoms in total. The van der Waals surface area contributed by atoms with Gasteiger partial charge in [-0.25, -0.2) is 0 Å². The van der Waals surface area contributed by atoms with Gasteiger partial charge in [0.15, 0.2) is 5.78 Å². The van der Waals surface area contributed by atoms with Crippen LogP contribution in [0.3, 0.4) is 0 Å². The highest BCUT2D eigenvalue weighted by atomic mass is 79.9. The zero-order chi connectivity index (χ0) is 8.85. The molecule has 0 saturated heterocycles. The molecule has 0 aliphatic rings. The van der Waals surface area contributed by atoms with E-state index in [1.807, 2.05) is 25.1 Å². The molecule has 11 heavy (non-hydrogen) atoms. The van der Waals surface area contributed by atoms with Gasteiger partial charge in [-0.1, -0.05) is 6.08 Å². The van der Waals surface area contributed by atoms with Crippen LogP contribution in [-0.4, -0.2) is 24.8 Å². The first kappa shape index (κ1) is 10.4. The summed E-state index contributed by atoms with van der Waals surface area (Å²) in [5.41, 5.74) is 0. The number of allylic oxidation sites excluding steroid dienone is 3. The largest absolute Gasteiger partial charge is 0.372 e. The molecule has 0 fully saturated rings. The molecular formula is C8H12BrNO. The Hall–Kier alpha value is -0.570. The van der Waals surface area contributed by atoms with Crippen LogP contribution in [0.15, 0.2) is 22.8 Å². The summed E-state index contributed by atoms with van der Waals surface area (Å²) in [6.07, 6.45) is 5.05. The Labute approximate surface area is 75.7 Å². The Morgan fingerprint density at radius 3 is 2.36 bits per heavy atom. The highest BCUT2D eigenvalue weighted by Gasteiger charge is 1.88. The number of nitrogens with zero attached hydrogens (tertiary/aromatic N) is 1. The molecule has 0 rings (SSSR count). The van der Waals surface area contributed by atoms with Crippen LogP contribution in [0.1, 0.15) is 6.92 Å². The maximum atomic E-state index is 10.5. The van der Waals surface area contributed by atoms with Crippen molar-refractivity contribution >= 4 is 21.7 Å². The third kappa shape index (κ3) is 5.85. The van der Waals surface area contributed by atoms with Crippen LogP contribution in [0.4, 0.5) is 0 Å². The molecule has 0 aromatic rings. The Kier molecular flexibility index (Phi) is 4.86. The molecule has 0 aliphatic carbocycles. The van der Waals surface area contributed by atoms with E-state index in [1.165, 1.54) is 13.0 Å². The van der Waals surface area contributed by atoms with Crippen molar-refractivity contribution < 1.29 is 4.79 Å². The van der Waals surface area contributed by atoms with Gasteiger partial charge in [0.2, 0.25) is 0 Å². The molecule has 0 aromatic carbocycles. The maximum Gasteiger partial charge on any atom is 0.152 e. The third-order valence-electron chi connectivity index (χ3n) is 0.992. The van der Waals surface area contributed by atoms with E-state index in [2.05, 4.69) is 15.9 Å². The lowest BCUT2D eigenvalue weighted by Crippen LogP contribution is -2.05. The molecule has 0 heterocycles. The summed E-state index contributed by atoms with van der Waals surface area (Å²) in [7, 11) is 3.84. The second-order valence-corrected chi connectivity index (χ2v) is 3.17. The number of ketones is 1. The zero-order valence-electron chi connectivity index (χ0n) is 6.97. The van der Waals surface area contributed by atoms with Crippen molar-refractivity contribution in [3.63, 3.8) is 0 Å². The van der Waals surface area contributed by atoms with Crippen molar-refractivity contribution in [3.05, 3.63) is 22.8 Å². The minimum absolute atomic E-state index is 0.0558. The lowest BCUT2D eigenvalue weighted by atomic mass is 10.4. The van der Waals surface area contributed by atoms with E-state index in [0.29, 0.717) is 0 Å².